The average molecular weight is 167 g/mol. The van der Waals surface area contributed by atoms with Crippen LogP contribution < -0.4 is 0 Å². The van der Waals surface area contributed by atoms with E-state index in [0.29, 0.717) is 5.41 Å². The average Bonchev–Trinajstić information content (AvgIpc) is 2.32. The predicted molar refractivity (Wildman–Crippen MR) is 54.2 cm³/mol. The minimum Gasteiger partial charge on any atom is -0.305 e. The summed E-state index contributed by atoms with van der Waals surface area (Å²) in [6.45, 7) is 13.4. The Morgan fingerprint density at radius 2 is 2.08 bits per heavy atom. The van der Waals surface area contributed by atoms with Crippen molar-refractivity contribution in [3.05, 3.63) is 12.2 Å². The van der Waals surface area contributed by atoms with E-state index in [1.165, 1.54) is 25.1 Å². The monoisotopic (exact) mass is 167 g/mol. The van der Waals surface area contributed by atoms with Gasteiger partial charge in [-0.25, -0.2) is 0 Å². The standard InChI is InChI=1S/C11H21N/c1-9(2)11(10(3)4)6-7-12(5)8-11/h10H,1,6-8H2,2-5H3. The van der Waals surface area contributed by atoms with Crippen LogP contribution in [0, 0.1) is 11.3 Å². The van der Waals surface area contributed by atoms with E-state index in [0.717, 1.165) is 5.92 Å². The first-order valence-electron chi connectivity index (χ1n) is 4.83. The van der Waals surface area contributed by atoms with Crippen molar-refractivity contribution in [2.45, 2.75) is 27.2 Å². The Hall–Kier alpha value is -0.300. The van der Waals surface area contributed by atoms with Gasteiger partial charge < -0.3 is 4.90 Å². The van der Waals surface area contributed by atoms with Crippen LogP contribution in [0.4, 0.5) is 0 Å². The van der Waals surface area contributed by atoms with E-state index in [2.05, 4.69) is 39.3 Å². The van der Waals surface area contributed by atoms with Crippen LogP contribution in [0.3, 0.4) is 0 Å². The number of rotatable bonds is 2. The van der Waals surface area contributed by atoms with Crippen LogP contribution >= 0.6 is 0 Å². The second-order valence-corrected chi connectivity index (χ2v) is 4.58. The summed E-state index contributed by atoms with van der Waals surface area (Å²) < 4.78 is 0. The highest BCUT2D eigenvalue weighted by molar-refractivity contribution is 5.13. The Labute approximate surface area is 76.5 Å². The maximum atomic E-state index is 4.14. The molecule has 1 saturated heterocycles. The highest BCUT2D eigenvalue weighted by atomic mass is 15.1. The van der Waals surface area contributed by atoms with Gasteiger partial charge in [-0.3, -0.25) is 0 Å². The summed E-state index contributed by atoms with van der Waals surface area (Å²) in [5, 5.41) is 0. The van der Waals surface area contributed by atoms with Crippen LogP contribution in [0.1, 0.15) is 27.2 Å². The first-order chi connectivity index (χ1) is 5.49. The van der Waals surface area contributed by atoms with Crippen molar-refractivity contribution in [2.75, 3.05) is 20.1 Å². The van der Waals surface area contributed by atoms with E-state index in [1.54, 1.807) is 0 Å². The first kappa shape index (κ1) is 9.79. The van der Waals surface area contributed by atoms with Crippen molar-refractivity contribution in [1.29, 1.82) is 0 Å². The summed E-state index contributed by atoms with van der Waals surface area (Å²) in [4.78, 5) is 2.41. The zero-order chi connectivity index (χ0) is 9.35. The molecule has 1 rings (SSSR count). The third-order valence-corrected chi connectivity index (χ3v) is 3.45. The zero-order valence-corrected chi connectivity index (χ0v) is 8.85. The summed E-state index contributed by atoms with van der Waals surface area (Å²) in [5.41, 5.74) is 1.76. The highest BCUT2D eigenvalue weighted by Gasteiger charge is 2.39. The maximum absolute atomic E-state index is 4.14. The smallest absolute Gasteiger partial charge is 0.00751 e. The van der Waals surface area contributed by atoms with Crippen LogP contribution in [0.15, 0.2) is 12.2 Å². The van der Waals surface area contributed by atoms with Crippen LogP contribution in [0.5, 0.6) is 0 Å². The number of hydrogen-bond acceptors (Lipinski definition) is 1. The van der Waals surface area contributed by atoms with Gasteiger partial charge in [-0.15, -0.1) is 0 Å². The molecule has 0 aliphatic carbocycles. The van der Waals surface area contributed by atoms with Crippen LogP contribution in [0.25, 0.3) is 0 Å². The fraction of sp³-hybridized carbons (Fsp3) is 0.818. The highest BCUT2D eigenvalue weighted by Crippen LogP contribution is 2.42. The van der Waals surface area contributed by atoms with Gasteiger partial charge in [0.1, 0.15) is 0 Å². The Balaban J connectivity index is 2.82. The minimum atomic E-state index is 0.398. The quantitative estimate of drug-likeness (QED) is 0.571. The van der Waals surface area contributed by atoms with Gasteiger partial charge in [-0.2, -0.15) is 0 Å². The second kappa shape index (κ2) is 3.21. The van der Waals surface area contributed by atoms with Crippen molar-refractivity contribution in [2.24, 2.45) is 11.3 Å². The molecule has 1 aliphatic rings. The van der Waals surface area contributed by atoms with Gasteiger partial charge in [0, 0.05) is 12.0 Å². The molecule has 0 aromatic carbocycles. The summed E-state index contributed by atoms with van der Waals surface area (Å²) >= 11 is 0. The van der Waals surface area contributed by atoms with Gasteiger partial charge in [0.2, 0.25) is 0 Å². The minimum absolute atomic E-state index is 0.398. The van der Waals surface area contributed by atoms with Crippen molar-refractivity contribution in [3.8, 4) is 0 Å². The predicted octanol–water partition coefficient (Wildman–Crippen LogP) is 2.54. The van der Waals surface area contributed by atoms with E-state index in [-0.39, 0.29) is 0 Å². The molecule has 0 N–H and O–H groups in total. The summed E-state index contributed by atoms with van der Waals surface area (Å²) in [6.07, 6.45) is 1.29. The molecule has 70 valence electrons. The third kappa shape index (κ3) is 1.42. The van der Waals surface area contributed by atoms with Crippen molar-refractivity contribution < 1.29 is 0 Å². The van der Waals surface area contributed by atoms with Gasteiger partial charge in [-0.05, 0) is 32.9 Å². The molecule has 1 nitrogen and oxygen atoms in total. The molecule has 1 aliphatic heterocycles. The van der Waals surface area contributed by atoms with Crippen LogP contribution in [-0.4, -0.2) is 25.0 Å². The molecule has 0 saturated carbocycles. The summed E-state index contributed by atoms with van der Waals surface area (Å²) in [5.74, 6) is 0.722. The van der Waals surface area contributed by atoms with Gasteiger partial charge in [0.05, 0.1) is 0 Å². The van der Waals surface area contributed by atoms with Gasteiger partial charge in [-0.1, -0.05) is 26.0 Å². The van der Waals surface area contributed by atoms with Crippen molar-refractivity contribution in [3.63, 3.8) is 0 Å². The molecular weight excluding hydrogens is 146 g/mol. The first-order valence-corrected chi connectivity index (χ1v) is 4.83. The Bertz CT molecular complexity index is 183. The zero-order valence-electron chi connectivity index (χ0n) is 8.85. The molecule has 0 spiro atoms. The van der Waals surface area contributed by atoms with E-state index in [9.17, 15) is 0 Å². The van der Waals surface area contributed by atoms with Gasteiger partial charge in [0.25, 0.3) is 0 Å². The topological polar surface area (TPSA) is 3.24 Å². The third-order valence-electron chi connectivity index (χ3n) is 3.45. The van der Waals surface area contributed by atoms with Gasteiger partial charge >= 0.3 is 0 Å². The number of likely N-dealkylation sites (tertiary alicyclic amines) is 1. The summed E-state index contributed by atoms with van der Waals surface area (Å²) in [7, 11) is 2.20. The lowest BCUT2D eigenvalue weighted by Crippen LogP contribution is -2.31. The maximum Gasteiger partial charge on any atom is 0.00751 e. The molecule has 0 amide bonds. The molecule has 0 aromatic rings. The number of hydrogen-bond donors (Lipinski definition) is 0. The molecule has 0 aromatic heterocycles. The van der Waals surface area contributed by atoms with Crippen molar-refractivity contribution >= 4 is 0 Å². The lowest BCUT2D eigenvalue weighted by molar-refractivity contribution is 0.246. The van der Waals surface area contributed by atoms with E-state index in [1.807, 2.05) is 0 Å². The Morgan fingerprint density at radius 3 is 2.25 bits per heavy atom. The molecule has 1 unspecified atom stereocenters. The molecule has 1 heterocycles. The SMILES string of the molecule is C=C(C)C1(C(C)C)CCN(C)C1. The molecule has 1 atom stereocenters. The second-order valence-electron chi connectivity index (χ2n) is 4.58. The molecular formula is C11H21N. The lowest BCUT2D eigenvalue weighted by Gasteiger charge is -2.34. The van der Waals surface area contributed by atoms with Gasteiger partial charge in [0.15, 0.2) is 0 Å². The normalized spacial score (nSPS) is 31.4. The lowest BCUT2D eigenvalue weighted by atomic mass is 9.72. The van der Waals surface area contributed by atoms with Crippen LogP contribution in [-0.2, 0) is 0 Å². The molecule has 1 heteroatoms. The number of nitrogens with zero attached hydrogens (tertiary/aromatic N) is 1. The van der Waals surface area contributed by atoms with E-state index in [4.69, 9.17) is 0 Å². The molecule has 0 bridgehead atoms. The fourth-order valence-corrected chi connectivity index (χ4v) is 2.34. The van der Waals surface area contributed by atoms with Crippen LogP contribution in [0.2, 0.25) is 0 Å². The van der Waals surface area contributed by atoms with E-state index < -0.39 is 0 Å². The summed E-state index contributed by atoms with van der Waals surface area (Å²) in [6, 6.07) is 0. The molecule has 12 heavy (non-hydrogen) atoms. The molecule has 0 radical (unpaired) electrons. The Morgan fingerprint density at radius 1 is 1.50 bits per heavy atom. The van der Waals surface area contributed by atoms with Crippen molar-refractivity contribution in [1.82, 2.24) is 4.90 Å². The molecule has 1 fully saturated rings. The van der Waals surface area contributed by atoms with E-state index >= 15 is 0 Å². The largest absolute Gasteiger partial charge is 0.305 e. The Kier molecular flexibility index (Phi) is 2.62. The fourth-order valence-electron chi connectivity index (χ4n) is 2.34.